The fraction of sp³-hybridized carbons (Fsp3) is 0.533. The van der Waals surface area contributed by atoms with E-state index in [1.54, 1.807) is 12.1 Å². The average molecular weight is 279 g/mol. The van der Waals surface area contributed by atoms with Crippen molar-refractivity contribution < 1.29 is 9.90 Å². The molecule has 0 aliphatic heterocycles. The number of thioether (sulfide) groups is 1. The second kappa shape index (κ2) is 6.96. The van der Waals surface area contributed by atoms with E-state index >= 15 is 0 Å². The number of carboxylic acid groups (broad SMARTS) is 1. The molecule has 104 valence electrons. The highest BCUT2D eigenvalue weighted by molar-refractivity contribution is 7.99. The molecule has 1 aliphatic carbocycles. The third kappa shape index (κ3) is 3.74. The van der Waals surface area contributed by atoms with Crippen molar-refractivity contribution in [2.45, 2.75) is 43.5 Å². The van der Waals surface area contributed by atoms with Gasteiger partial charge in [0.15, 0.2) is 0 Å². The first-order chi connectivity index (χ1) is 9.22. The second-order valence-electron chi connectivity index (χ2n) is 5.01. The van der Waals surface area contributed by atoms with E-state index in [1.807, 2.05) is 23.9 Å². The molecule has 2 rings (SSSR count). The molecule has 4 heteroatoms. The van der Waals surface area contributed by atoms with Crippen LogP contribution >= 0.6 is 11.8 Å². The van der Waals surface area contributed by atoms with Crippen molar-refractivity contribution in [3.05, 3.63) is 35.4 Å². The van der Waals surface area contributed by atoms with Gasteiger partial charge in [-0.25, -0.2) is 4.79 Å². The average Bonchev–Trinajstić information content (AvgIpc) is 2.45. The van der Waals surface area contributed by atoms with Gasteiger partial charge in [-0.05, 0) is 30.7 Å². The van der Waals surface area contributed by atoms with Crippen LogP contribution < -0.4 is 5.32 Å². The van der Waals surface area contributed by atoms with Crippen LogP contribution in [0.5, 0.6) is 0 Å². The molecule has 1 aromatic carbocycles. The summed E-state index contributed by atoms with van der Waals surface area (Å²) < 4.78 is 0. The van der Waals surface area contributed by atoms with Gasteiger partial charge >= 0.3 is 5.97 Å². The first kappa shape index (κ1) is 14.4. The summed E-state index contributed by atoms with van der Waals surface area (Å²) in [5, 5.41) is 13.4. The standard InChI is InChI=1S/C15H21NO2S/c1-19-14-9-5-4-8-13(14)16-10-11-6-2-3-7-12(11)15(17)18/h2-3,6-7,13-14,16H,4-5,8-10H2,1H3,(H,17,18). The fourth-order valence-corrected chi connectivity index (χ4v) is 3.70. The topological polar surface area (TPSA) is 49.3 Å². The number of benzene rings is 1. The SMILES string of the molecule is CSC1CCCCC1NCc1ccccc1C(=O)O. The van der Waals surface area contributed by atoms with Gasteiger partial charge in [0.25, 0.3) is 0 Å². The highest BCUT2D eigenvalue weighted by Crippen LogP contribution is 2.27. The Kier molecular flexibility index (Phi) is 5.28. The highest BCUT2D eigenvalue weighted by Gasteiger charge is 2.24. The van der Waals surface area contributed by atoms with E-state index in [0.717, 1.165) is 5.56 Å². The molecule has 0 spiro atoms. The largest absolute Gasteiger partial charge is 0.478 e. The van der Waals surface area contributed by atoms with Gasteiger partial charge in [0, 0.05) is 17.8 Å². The van der Waals surface area contributed by atoms with Crippen LogP contribution in [0.3, 0.4) is 0 Å². The van der Waals surface area contributed by atoms with Crippen LogP contribution in [0.2, 0.25) is 0 Å². The molecule has 0 amide bonds. The van der Waals surface area contributed by atoms with E-state index < -0.39 is 5.97 Å². The summed E-state index contributed by atoms with van der Waals surface area (Å²) in [4.78, 5) is 11.2. The first-order valence-electron chi connectivity index (χ1n) is 6.79. The predicted molar refractivity (Wildman–Crippen MR) is 79.8 cm³/mol. The number of carboxylic acids is 1. The molecule has 0 aromatic heterocycles. The number of aromatic carboxylic acids is 1. The number of rotatable bonds is 5. The van der Waals surface area contributed by atoms with E-state index in [9.17, 15) is 4.79 Å². The van der Waals surface area contributed by atoms with Crippen molar-refractivity contribution in [3.63, 3.8) is 0 Å². The summed E-state index contributed by atoms with van der Waals surface area (Å²) in [6, 6.07) is 7.75. The minimum absolute atomic E-state index is 0.409. The minimum Gasteiger partial charge on any atom is -0.478 e. The summed E-state index contributed by atoms with van der Waals surface area (Å²) in [6.45, 7) is 0.643. The number of hydrogen-bond donors (Lipinski definition) is 2. The third-order valence-corrected chi connectivity index (χ3v) is 4.98. The predicted octanol–water partition coefficient (Wildman–Crippen LogP) is 3.15. The van der Waals surface area contributed by atoms with Gasteiger partial charge < -0.3 is 10.4 Å². The molecule has 0 bridgehead atoms. The highest BCUT2D eigenvalue weighted by atomic mass is 32.2. The smallest absolute Gasteiger partial charge is 0.336 e. The zero-order valence-electron chi connectivity index (χ0n) is 11.3. The molecular formula is C15H21NO2S. The number of hydrogen-bond acceptors (Lipinski definition) is 3. The lowest BCUT2D eigenvalue weighted by molar-refractivity contribution is 0.0695. The lowest BCUT2D eigenvalue weighted by Crippen LogP contribution is -2.40. The van der Waals surface area contributed by atoms with Crippen molar-refractivity contribution in [2.24, 2.45) is 0 Å². The van der Waals surface area contributed by atoms with Gasteiger partial charge in [0.05, 0.1) is 5.56 Å². The van der Waals surface area contributed by atoms with Gasteiger partial charge in [-0.3, -0.25) is 0 Å². The lowest BCUT2D eigenvalue weighted by Gasteiger charge is -2.31. The van der Waals surface area contributed by atoms with E-state index in [1.165, 1.54) is 25.7 Å². The van der Waals surface area contributed by atoms with Gasteiger partial charge in [0.2, 0.25) is 0 Å². The van der Waals surface area contributed by atoms with E-state index in [4.69, 9.17) is 5.11 Å². The van der Waals surface area contributed by atoms with Gasteiger partial charge in [0.1, 0.15) is 0 Å². The molecule has 0 heterocycles. The lowest BCUT2D eigenvalue weighted by atomic mass is 9.94. The van der Waals surface area contributed by atoms with Gasteiger partial charge in [-0.15, -0.1) is 0 Å². The third-order valence-electron chi connectivity index (χ3n) is 3.81. The molecule has 19 heavy (non-hydrogen) atoms. The minimum atomic E-state index is -0.845. The fourth-order valence-electron chi connectivity index (χ4n) is 2.74. The molecule has 1 aromatic rings. The second-order valence-corrected chi connectivity index (χ2v) is 6.09. The van der Waals surface area contributed by atoms with Crippen LogP contribution in [0.4, 0.5) is 0 Å². The molecule has 0 radical (unpaired) electrons. The summed E-state index contributed by atoms with van der Waals surface area (Å²) in [5.74, 6) is -0.845. The molecule has 2 unspecified atom stereocenters. The maximum absolute atomic E-state index is 11.2. The van der Waals surface area contributed by atoms with Crippen LogP contribution in [0.25, 0.3) is 0 Å². The number of carbonyl (C=O) groups is 1. The summed E-state index contributed by atoms with van der Waals surface area (Å²) in [5.41, 5.74) is 1.28. The summed E-state index contributed by atoms with van der Waals surface area (Å²) in [6.07, 6.45) is 7.21. The molecule has 1 saturated carbocycles. The Morgan fingerprint density at radius 2 is 2.11 bits per heavy atom. The molecule has 1 fully saturated rings. The Morgan fingerprint density at radius 1 is 1.37 bits per heavy atom. The van der Waals surface area contributed by atoms with Gasteiger partial charge in [-0.2, -0.15) is 11.8 Å². The quantitative estimate of drug-likeness (QED) is 0.869. The molecule has 0 saturated heterocycles. The normalized spacial score (nSPS) is 23.2. The molecular weight excluding hydrogens is 258 g/mol. The van der Waals surface area contributed by atoms with Crippen LogP contribution in [0.15, 0.2) is 24.3 Å². The Hall–Kier alpha value is -1.00. The van der Waals surface area contributed by atoms with Crippen LogP contribution in [0, 0.1) is 0 Å². The van der Waals surface area contributed by atoms with Crippen molar-refractivity contribution in [3.8, 4) is 0 Å². The maximum Gasteiger partial charge on any atom is 0.336 e. The van der Waals surface area contributed by atoms with Crippen LogP contribution in [-0.4, -0.2) is 28.6 Å². The maximum atomic E-state index is 11.2. The van der Waals surface area contributed by atoms with Crippen LogP contribution in [0.1, 0.15) is 41.6 Å². The Bertz CT molecular complexity index is 436. The zero-order valence-corrected chi connectivity index (χ0v) is 12.1. The Balaban J connectivity index is 2.00. The molecule has 3 nitrogen and oxygen atoms in total. The van der Waals surface area contributed by atoms with Gasteiger partial charge in [-0.1, -0.05) is 31.0 Å². The zero-order chi connectivity index (χ0) is 13.7. The van der Waals surface area contributed by atoms with E-state index in [-0.39, 0.29) is 0 Å². The monoisotopic (exact) mass is 279 g/mol. The van der Waals surface area contributed by atoms with Crippen molar-refractivity contribution in [1.29, 1.82) is 0 Å². The van der Waals surface area contributed by atoms with Crippen molar-refractivity contribution in [2.75, 3.05) is 6.26 Å². The molecule has 1 aliphatic rings. The Morgan fingerprint density at radius 3 is 2.84 bits per heavy atom. The Labute approximate surface area is 118 Å². The summed E-state index contributed by atoms with van der Waals surface area (Å²) in [7, 11) is 0. The van der Waals surface area contributed by atoms with Crippen molar-refractivity contribution >= 4 is 17.7 Å². The van der Waals surface area contributed by atoms with Crippen molar-refractivity contribution in [1.82, 2.24) is 5.32 Å². The summed E-state index contributed by atoms with van der Waals surface area (Å²) >= 11 is 1.92. The number of nitrogens with one attached hydrogen (secondary N) is 1. The molecule has 2 N–H and O–H groups in total. The van der Waals surface area contributed by atoms with E-state index in [0.29, 0.717) is 23.4 Å². The van der Waals surface area contributed by atoms with E-state index in [2.05, 4.69) is 11.6 Å². The first-order valence-corrected chi connectivity index (χ1v) is 8.08. The van der Waals surface area contributed by atoms with Crippen LogP contribution in [-0.2, 0) is 6.54 Å². The molecule has 2 atom stereocenters.